The van der Waals surface area contributed by atoms with Gasteiger partial charge < -0.3 is 29.9 Å². The molecule has 5 aliphatic rings. The van der Waals surface area contributed by atoms with Crippen LogP contribution in [0.25, 0.3) is 0 Å². The summed E-state index contributed by atoms with van der Waals surface area (Å²) >= 11 is 0. The number of aliphatic hydroxyl groups is 4. The molecule has 4 aliphatic carbocycles. The zero-order valence-electron chi connectivity index (χ0n) is 23.7. The van der Waals surface area contributed by atoms with Crippen LogP contribution >= 0.6 is 0 Å². The van der Waals surface area contributed by atoms with Crippen molar-refractivity contribution in [1.82, 2.24) is 0 Å². The number of ether oxygens (including phenoxy) is 2. The Kier molecular flexibility index (Phi) is 6.89. The van der Waals surface area contributed by atoms with Crippen molar-refractivity contribution in [2.75, 3.05) is 6.61 Å². The average molecular weight is 549 g/mol. The maximum Gasteiger partial charge on any atom is 0.309 e. The number of carbonyl (C=O) groups is 3. The van der Waals surface area contributed by atoms with E-state index in [-0.39, 0.29) is 49.0 Å². The van der Waals surface area contributed by atoms with Gasteiger partial charge in [-0.15, -0.1) is 0 Å². The number of ketones is 1. The van der Waals surface area contributed by atoms with Gasteiger partial charge in [-0.3, -0.25) is 14.4 Å². The molecule has 0 radical (unpaired) electrons. The van der Waals surface area contributed by atoms with E-state index in [4.69, 9.17) is 9.47 Å². The largest absolute Gasteiger partial charge is 0.465 e. The van der Waals surface area contributed by atoms with E-state index in [2.05, 4.69) is 0 Å². The molecule has 0 aromatic rings. The molecule has 0 bridgehead atoms. The molecule has 12 atom stereocenters. The minimum atomic E-state index is -1.53. The summed E-state index contributed by atoms with van der Waals surface area (Å²) in [6.45, 7) is 8.90. The topological polar surface area (TPSA) is 151 Å². The molecule has 0 spiro atoms. The molecule has 5 rings (SSSR count). The number of esters is 2. The van der Waals surface area contributed by atoms with Gasteiger partial charge >= 0.3 is 11.9 Å². The van der Waals surface area contributed by atoms with Crippen LogP contribution in [0.15, 0.2) is 11.6 Å². The molecular formula is C30H44O9. The Balaban J connectivity index is 1.43. The van der Waals surface area contributed by atoms with Gasteiger partial charge in [-0.05, 0) is 80.8 Å². The summed E-state index contributed by atoms with van der Waals surface area (Å²) in [6, 6.07) is 0. The van der Waals surface area contributed by atoms with E-state index in [1.807, 2.05) is 13.8 Å². The molecule has 4 N–H and O–H groups in total. The van der Waals surface area contributed by atoms with Crippen LogP contribution in [0.5, 0.6) is 0 Å². The highest BCUT2D eigenvalue weighted by Gasteiger charge is 2.69. The Morgan fingerprint density at radius 2 is 1.92 bits per heavy atom. The normalized spacial score (nSPS) is 47.7. The highest BCUT2D eigenvalue weighted by molar-refractivity contribution is 5.95. The van der Waals surface area contributed by atoms with E-state index in [0.29, 0.717) is 37.7 Å². The van der Waals surface area contributed by atoms with E-state index >= 15 is 0 Å². The van der Waals surface area contributed by atoms with Gasteiger partial charge in [-0.1, -0.05) is 20.8 Å². The van der Waals surface area contributed by atoms with Gasteiger partial charge in [0.05, 0.1) is 35.9 Å². The van der Waals surface area contributed by atoms with Crippen LogP contribution in [0, 0.1) is 40.4 Å². The van der Waals surface area contributed by atoms with Gasteiger partial charge in [0, 0.05) is 24.2 Å². The first-order valence-corrected chi connectivity index (χ1v) is 14.5. The Morgan fingerprint density at radius 3 is 2.54 bits per heavy atom. The van der Waals surface area contributed by atoms with Crippen molar-refractivity contribution in [1.29, 1.82) is 0 Å². The second kappa shape index (κ2) is 9.36. The van der Waals surface area contributed by atoms with Crippen molar-refractivity contribution in [2.45, 2.75) is 109 Å². The third-order valence-electron chi connectivity index (χ3n) is 11.8. The van der Waals surface area contributed by atoms with E-state index < -0.39 is 58.1 Å². The zero-order chi connectivity index (χ0) is 28.7. The van der Waals surface area contributed by atoms with E-state index in [9.17, 15) is 34.8 Å². The average Bonchev–Trinajstić information content (AvgIpc) is 3.31. The maximum atomic E-state index is 13.5. The Hall–Kier alpha value is -1.81. The lowest BCUT2D eigenvalue weighted by Gasteiger charge is -2.60. The lowest BCUT2D eigenvalue weighted by molar-refractivity contribution is -0.183. The Bertz CT molecular complexity index is 1080. The number of hydrogen-bond acceptors (Lipinski definition) is 9. The summed E-state index contributed by atoms with van der Waals surface area (Å²) < 4.78 is 10.6. The molecule has 1 aliphatic heterocycles. The molecule has 218 valence electrons. The molecule has 9 nitrogen and oxygen atoms in total. The molecule has 0 aromatic carbocycles. The van der Waals surface area contributed by atoms with E-state index in [1.54, 1.807) is 19.9 Å². The molecule has 4 fully saturated rings. The third kappa shape index (κ3) is 4.13. The van der Waals surface area contributed by atoms with Gasteiger partial charge in [0.25, 0.3) is 0 Å². The second-order valence-electron chi connectivity index (χ2n) is 13.8. The fourth-order valence-electron chi connectivity index (χ4n) is 9.31. The van der Waals surface area contributed by atoms with E-state index in [1.165, 1.54) is 6.92 Å². The summed E-state index contributed by atoms with van der Waals surface area (Å²) in [6.07, 6.45) is 1.67. The predicted octanol–water partition coefficient (Wildman–Crippen LogP) is 2.07. The Labute approximate surface area is 229 Å². The van der Waals surface area contributed by atoms with Gasteiger partial charge in [0.1, 0.15) is 6.10 Å². The summed E-state index contributed by atoms with van der Waals surface area (Å²) in [7, 11) is 0. The second-order valence-corrected chi connectivity index (χ2v) is 13.8. The summed E-state index contributed by atoms with van der Waals surface area (Å²) in [5, 5.41) is 46.1. The van der Waals surface area contributed by atoms with Crippen molar-refractivity contribution in [2.24, 2.45) is 40.4 Å². The summed E-state index contributed by atoms with van der Waals surface area (Å²) in [5.74, 6) is -2.44. The SMILES string of the molecule is CC(=O)O[C@H]1C[C@@]2(C)[C@@H](C[C@H]1O)C(=O)C=C1[C@@H]2CC[C@]2(C)[C@@H]([C@@](C)(O)[C@H](O)C[C@@H]3COC(=O)[C@H]3C)CC[C@@]12O. The quantitative estimate of drug-likeness (QED) is 0.379. The van der Waals surface area contributed by atoms with Crippen molar-refractivity contribution in [3.05, 3.63) is 11.6 Å². The van der Waals surface area contributed by atoms with Gasteiger partial charge in [0.15, 0.2) is 5.78 Å². The monoisotopic (exact) mass is 548 g/mol. The lowest BCUT2D eigenvalue weighted by Crippen LogP contribution is -2.63. The molecule has 1 heterocycles. The standard InChI is InChI=1S/C30H44O9/c1-15-17(14-38-26(15)35)10-25(34)29(5,36)24-7-9-30(37)19-11-21(32)20-12-22(33)23(39-16(2)31)13-27(20,3)18(19)6-8-28(24,30)4/h11,15,17-18,20,22-25,33-34,36-37H,6-10,12-14H2,1-5H3/t15-,17+,18-,20-,22+,23-,24-,25+,27+,28+,29+,30+/m0/s1. The van der Waals surface area contributed by atoms with Crippen molar-refractivity contribution < 1.29 is 44.3 Å². The third-order valence-corrected chi connectivity index (χ3v) is 11.8. The number of rotatable bonds is 5. The van der Waals surface area contributed by atoms with Crippen LogP contribution in [-0.2, 0) is 23.9 Å². The minimum absolute atomic E-state index is 0.128. The first-order chi connectivity index (χ1) is 18.1. The van der Waals surface area contributed by atoms with Crippen LogP contribution in [0.4, 0.5) is 0 Å². The first kappa shape index (κ1) is 28.7. The molecule has 0 amide bonds. The smallest absolute Gasteiger partial charge is 0.309 e. The van der Waals surface area contributed by atoms with Gasteiger partial charge in [0.2, 0.25) is 0 Å². The number of carbonyl (C=O) groups excluding carboxylic acids is 3. The van der Waals surface area contributed by atoms with Crippen molar-refractivity contribution in [3.63, 3.8) is 0 Å². The molecule has 0 unspecified atom stereocenters. The molecule has 9 heteroatoms. The van der Waals surface area contributed by atoms with Crippen LogP contribution in [0.3, 0.4) is 0 Å². The number of cyclic esters (lactones) is 1. The molecular weight excluding hydrogens is 504 g/mol. The Morgan fingerprint density at radius 1 is 1.23 bits per heavy atom. The van der Waals surface area contributed by atoms with Crippen LogP contribution in [0.1, 0.15) is 79.6 Å². The molecule has 3 saturated carbocycles. The highest BCUT2D eigenvalue weighted by atomic mass is 16.6. The number of allylic oxidation sites excluding steroid dienone is 1. The van der Waals surface area contributed by atoms with Gasteiger partial charge in [-0.25, -0.2) is 0 Å². The number of hydrogen-bond donors (Lipinski definition) is 4. The fraction of sp³-hybridized carbons (Fsp3) is 0.833. The zero-order valence-corrected chi connectivity index (χ0v) is 23.7. The highest BCUT2D eigenvalue weighted by Crippen LogP contribution is 2.68. The van der Waals surface area contributed by atoms with Crippen LogP contribution in [0.2, 0.25) is 0 Å². The summed E-state index contributed by atoms with van der Waals surface area (Å²) in [5.41, 5.74) is -3.59. The van der Waals surface area contributed by atoms with Crippen LogP contribution < -0.4 is 0 Å². The number of fused-ring (bicyclic) bond motifs is 5. The first-order valence-electron chi connectivity index (χ1n) is 14.5. The summed E-state index contributed by atoms with van der Waals surface area (Å²) in [4.78, 5) is 37.1. The number of aliphatic hydroxyl groups excluding tert-OH is 2. The van der Waals surface area contributed by atoms with Crippen LogP contribution in [-0.4, -0.2) is 74.3 Å². The molecule has 39 heavy (non-hydrogen) atoms. The lowest BCUT2D eigenvalue weighted by atomic mass is 9.45. The fourth-order valence-corrected chi connectivity index (χ4v) is 9.31. The maximum absolute atomic E-state index is 13.5. The molecule has 1 saturated heterocycles. The van der Waals surface area contributed by atoms with Gasteiger partial charge in [-0.2, -0.15) is 0 Å². The predicted molar refractivity (Wildman–Crippen MR) is 139 cm³/mol. The van der Waals surface area contributed by atoms with E-state index in [0.717, 1.165) is 0 Å². The minimum Gasteiger partial charge on any atom is -0.465 e. The van der Waals surface area contributed by atoms with Crippen molar-refractivity contribution >= 4 is 17.7 Å². The molecule has 0 aromatic heterocycles. The van der Waals surface area contributed by atoms with Crippen molar-refractivity contribution in [3.8, 4) is 0 Å².